The molecule has 1 unspecified atom stereocenters. The van der Waals surface area contributed by atoms with E-state index >= 15 is 0 Å². The van der Waals surface area contributed by atoms with Gasteiger partial charge in [0, 0.05) is 30.2 Å². The predicted molar refractivity (Wildman–Crippen MR) is 92.7 cm³/mol. The first-order valence-electron chi connectivity index (χ1n) is 8.08. The molecule has 7 heteroatoms. The summed E-state index contributed by atoms with van der Waals surface area (Å²) < 4.78 is 5.77. The molecule has 24 heavy (non-hydrogen) atoms. The van der Waals surface area contributed by atoms with Gasteiger partial charge in [-0.25, -0.2) is 0 Å². The van der Waals surface area contributed by atoms with Crippen molar-refractivity contribution in [3.05, 3.63) is 30.5 Å². The Labute approximate surface area is 143 Å². The van der Waals surface area contributed by atoms with E-state index in [0.717, 1.165) is 42.4 Å². The number of aromatic amines is 1. The molecule has 3 aromatic rings. The largest absolute Gasteiger partial charge is 0.411 e. The first-order valence-corrected chi connectivity index (χ1v) is 8.96. The Bertz CT molecular complexity index is 866. The minimum absolute atomic E-state index is 0.143. The second-order valence-corrected chi connectivity index (χ2v) is 7.21. The number of carbonyl (C=O) groups is 1. The lowest BCUT2D eigenvalue weighted by molar-refractivity contribution is -0.129. The molecule has 1 amide bonds. The third-order valence-corrected chi connectivity index (χ3v) is 5.19. The van der Waals surface area contributed by atoms with Crippen LogP contribution in [-0.2, 0) is 4.79 Å². The van der Waals surface area contributed by atoms with Gasteiger partial charge in [0.1, 0.15) is 0 Å². The number of amides is 1. The summed E-state index contributed by atoms with van der Waals surface area (Å²) in [6.45, 7) is 3.60. The van der Waals surface area contributed by atoms with E-state index in [-0.39, 0.29) is 11.2 Å². The number of nitrogens with one attached hydrogen (secondary N) is 1. The van der Waals surface area contributed by atoms with Gasteiger partial charge in [0.15, 0.2) is 0 Å². The van der Waals surface area contributed by atoms with Crippen LogP contribution in [0.15, 0.2) is 40.1 Å². The van der Waals surface area contributed by atoms with Gasteiger partial charge in [-0.2, -0.15) is 0 Å². The van der Waals surface area contributed by atoms with Gasteiger partial charge in [-0.15, -0.1) is 10.2 Å². The maximum Gasteiger partial charge on any atom is 0.277 e. The predicted octanol–water partition coefficient (Wildman–Crippen LogP) is 3.32. The maximum absolute atomic E-state index is 12.4. The summed E-state index contributed by atoms with van der Waals surface area (Å²) in [4.78, 5) is 17.5. The number of hydrogen-bond donors (Lipinski definition) is 1. The number of hydrogen-bond acceptors (Lipinski definition) is 5. The second kappa shape index (κ2) is 6.32. The standard InChI is InChI=1S/C17H18N4O2S/c1-11(16(22)21-8-4-5-9-21)24-17-20-19-15(23-17)13-10-18-14-7-3-2-6-12(13)14/h2-3,6-7,10-11,18H,4-5,8-9H2,1H3. The number of rotatable bonds is 4. The van der Waals surface area contributed by atoms with E-state index in [1.807, 2.05) is 42.3 Å². The van der Waals surface area contributed by atoms with Gasteiger partial charge in [-0.1, -0.05) is 30.0 Å². The van der Waals surface area contributed by atoms with Crippen LogP contribution in [0.2, 0.25) is 0 Å². The summed E-state index contributed by atoms with van der Waals surface area (Å²) >= 11 is 1.32. The zero-order valence-corrected chi connectivity index (χ0v) is 14.2. The van der Waals surface area contributed by atoms with E-state index in [1.165, 1.54) is 11.8 Å². The quantitative estimate of drug-likeness (QED) is 0.736. The van der Waals surface area contributed by atoms with Crippen LogP contribution in [0.5, 0.6) is 0 Å². The molecule has 6 nitrogen and oxygen atoms in total. The van der Waals surface area contributed by atoms with Crippen molar-refractivity contribution < 1.29 is 9.21 Å². The van der Waals surface area contributed by atoms with E-state index in [9.17, 15) is 4.79 Å². The highest BCUT2D eigenvalue weighted by atomic mass is 32.2. The van der Waals surface area contributed by atoms with Crippen LogP contribution < -0.4 is 0 Å². The third-order valence-electron chi connectivity index (χ3n) is 4.27. The van der Waals surface area contributed by atoms with Crippen LogP contribution in [0.4, 0.5) is 0 Å². The zero-order chi connectivity index (χ0) is 16.5. The number of thioether (sulfide) groups is 1. The van der Waals surface area contributed by atoms with Gasteiger partial charge >= 0.3 is 0 Å². The summed E-state index contributed by atoms with van der Waals surface area (Å²) in [7, 11) is 0. The summed E-state index contributed by atoms with van der Waals surface area (Å²) in [5.41, 5.74) is 1.90. The Hall–Kier alpha value is -2.28. The number of carbonyl (C=O) groups excluding carboxylic acids is 1. The average Bonchev–Trinajstić information content (AvgIpc) is 3.34. The van der Waals surface area contributed by atoms with Crippen LogP contribution in [0, 0.1) is 0 Å². The first-order chi connectivity index (χ1) is 11.7. The molecule has 1 aromatic carbocycles. The lowest BCUT2D eigenvalue weighted by atomic mass is 10.2. The number of likely N-dealkylation sites (tertiary alicyclic amines) is 1. The van der Waals surface area contributed by atoms with Gasteiger partial charge in [-0.3, -0.25) is 4.79 Å². The highest BCUT2D eigenvalue weighted by Crippen LogP contribution is 2.31. The molecule has 124 valence electrons. The van der Waals surface area contributed by atoms with Crippen molar-refractivity contribution in [3.8, 4) is 11.5 Å². The molecule has 1 aliphatic heterocycles. The van der Waals surface area contributed by atoms with Crippen molar-refractivity contribution in [2.75, 3.05) is 13.1 Å². The number of benzene rings is 1. The summed E-state index contributed by atoms with van der Waals surface area (Å²) in [5, 5.41) is 9.47. The number of fused-ring (bicyclic) bond motifs is 1. The molecule has 2 aromatic heterocycles. The molecule has 1 saturated heterocycles. The zero-order valence-electron chi connectivity index (χ0n) is 13.4. The number of nitrogens with zero attached hydrogens (tertiary/aromatic N) is 3. The molecule has 3 heterocycles. The van der Waals surface area contributed by atoms with Crippen LogP contribution in [0.3, 0.4) is 0 Å². The molecule has 1 atom stereocenters. The smallest absolute Gasteiger partial charge is 0.277 e. The summed E-state index contributed by atoms with van der Waals surface area (Å²) in [5.74, 6) is 0.611. The Morgan fingerprint density at radius 2 is 2.08 bits per heavy atom. The number of aromatic nitrogens is 3. The second-order valence-electron chi connectivity index (χ2n) is 5.91. The van der Waals surface area contributed by atoms with Crippen molar-refractivity contribution in [1.29, 1.82) is 0 Å². The molecule has 0 bridgehead atoms. The Morgan fingerprint density at radius 3 is 2.92 bits per heavy atom. The summed E-state index contributed by atoms with van der Waals surface area (Å²) in [6, 6.07) is 7.96. The fraction of sp³-hybridized carbons (Fsp3) is 0.353. The molecule has 1 N–H and O–H groups in total. The van der Waals surface area contributed by atoms with Crippen molar-refractivity contribution in [3.63, 3.8) is 0 Å². The molecule has 1 aliphatic rings. The van der Waals surface area contributed by atoms with E-state index in [0.29, 0.717) is 11.1 Å². The Kier molecular flexibility index (Phi) is 4.02. The highest BCUT2D eigenvalue weighted by molar-refractivity contribution is 8.00. The van der Waals surface area contributed by atoms with Crippen molar-refractivity contribution >= 4 is 28.6 Å². The minimum atomic E-state index is -0.223. The van der Waals surface area contributed by atoms with Gasteiger partial charge in [0.25, 0.3) is 11.1 Å². The maximum atomic E-state index is 12.4. The molecule has 0 saturated carbocycles. The number of para-hydroxylation sites is 1. The van der Waals surface area contributed by atoms with Crippen LogP contribution in [0.25, 0.3) is 22.4 Å². The Balaban J connectivity index is 1.51. The van der Waals surface area contributed by atoms with Crippen LogP contribution in [-0.4, -0.2) is 44.3 Å². The van der Waals surface area contributed by atoms with E-state index in [1.54, 1.807) is 0 Å². The van der Waals surface area contributed by atoms with Crippen molar-refractivity contribution in [1.82, 2.24) is 20.1 Å². The third kappa shape index (κ3) is 2.80. The highest BCUT2D eigenvalue weighted by Gasteiger charge is 2.26. The van der Waals surface area contributed by atoms with E-state index in [4.69, 9.17) is 4.42 Å². The molecule has 0 radical (unpaired) electrons. The van der Waals surface area contributed by atoms with Crippen molar-refractivity contribution in [2.24, 2.45) is 0 Å². The van der Waals surface area contributed by atoms with Gasteiger partial charge in [0.2, 0.25) is 5.91 Å². The van der Waals surface area contributed by atoms with Crippen LogP contribution in [0.1, 0.15) is 19.8 Å². The minimum Gasteiger partial charge on any atom is -0.411 e. The lowest BCUT2D eigenvalue weighted by Crippen LogP contribution is -2.34. The summed E-state index contributed by atoms with van der Waals surface area (Å²) in [6.07, 6.45) is 4.05. The van der Waals surface area contributed by atoms with Gasteiger partial charge in [0.05, 0.1) is 10.8 Å². The number of H-pyrrole nitrogens is 1. The van der Waals surface area contributed by atoms with Crippen LogP contribution >= 0.6 is 11.8 Å². The van der Waals surface area contributed by atoms with E-state index in [2.05, 4.69) is 15.2 Å². The normalized spacial score (nSPS) is 16.0. The molecular formula is C17H18N4O2S. The SMILES string of the molecule is CC(Sc1nnc(-c2c[nH]c3ccccc23)o1)C(=O)N1CCCC1. The molecule has 0 spiro atoms. The molecular weight excluding hydrogens is 324 g/mol. The molecule has 0 aliphatic carbocycles. The van der Waals surface area contributed by atoms with Crippen molar-refractivity contribution in [2.45, 2.75) is 30.2 Å². The monoisotopic (exact) mass is 342 g/mol. The lowest BCUT2D eigenvalue weighted by Gasteiger charge is -2.18. The Morgan fingerprint density at radius 1 is 1.29 bits per heavy atom. The molecule has 1 fully saturated rings. The topological polar surface area (TPSA) is 75.0 Å². The van der Waals surface area contributed by atoms with Gasteiger partial charge in [-0.05, 0) is 25.8 Å². The first kappa shape index (κ1) is 15.3. The fourth-order valence-electron chi connectivity index (χ4n) is 3.01. The van der Waals surface area contributed by atoms with E-state index < -0.39 is 0 Å². The van der Waals surface area contributed by atoms with Gasteiger partial charge < -0.3 is 14.3 Å². The molecule has 4 rings (SSSR count). The fourth-order valence-corrected chi connectivity index (χ4v) is 3.78. The average molecular weight is 342 g/mol.